The molecule has 4 heteroatoms. The van der Waals surface area contributed by atoms with Gasteiger partial charge in [0.2, 0.25) is 0 Å². The van der Waals surface area contributed by atoms with Gasteiger partial charge in [0, 0.05) is 22.0 Å². The summed E-state index contributed by atoms with van der Waals surface area (Å²) in [5.41, 5.74) is 6.61. The molecule has 2 aromatic carbocycles. The van der Waals surface area contributed by atoms with E-state index in [1.807, 2.05) is 12.1 Å². The fourth-order valence-electron chi connectivity index (χ4n) is 3.43. The van der Waals surface area contributed by atoms with Crippen LogP contribution < -0.4 is 4.90 Å². The molecule has 22 heavy (non-hydrogen) atoms. The van der Waals surface area contributed by atoms with E-state index in [4.69, 9.17) is 16.6 Å². The number of nitrogens with zero attached hydrogens (tertiary/aromatic N) is 2. The SMILES string of the molecule is Clc1ccc2c(c1)SC1=NC3=C(CCc4ccccc43)CN12. The maximum atomic E-state index is 6.13. The van der Waals surface area contributed by atoms with Crippen molar-refractivity contribution in [2.24, 2.45) is 4.99 Å². The molecule has 108 valence electrons. The predicted molar refractivity (Wildman–Crippen MR) is 93.8 cm³/mol. The van der Waals surface area contributed by atoms with Gasteiger partial charge in [-0.15, -0.1) is 0 Å². The molecule has 2 nitrogen and oxygen atoms in total. The number of aliphatic imine (C=N–C) groups is 1. The molecule has 2 aromatic rings. The van der Waals surface area contributed by atoms with Crippen LogP contribution in [-0.4, -0.2) is 11.7 Å². The minimum absolute atomic E-state index is 0.787. The summed E-state index contributed by atoms with van der Waals surface area (Å²) < 4.78 is 0. The first kappa shape index (κ1) is 12.8. The number of benzene rings is 2. The third-order valence-electron chi connectivity index (χ3n) is 4.50. The van der Waals surface area contributed by atoms with Crippen LogP contribution in [0.4, 0.5) is 5.69 Å². The minimum Gasteiger partial charge on any atom is -0.315 e. The summed E-state index contributed by atoms with van der Waals surface area (Å²) in [6.07, 6.45) is 2.22. The van der Waals surface area contributed by atoms with Gasteiger partial charge in [0.1, 0.15) is 0 Å². The van der Waals surface area contributed by atoms with Gasteiger partial charge >= 0.3 is 0 Å². The van der Waals surface area contributed by atoms with Crippen molar-refractivity contribution in [3.63, 3.8) is 0 Å². The molecule has 0 unspecified atom stereocenters. The Balaban J connectivity index is 1.63. The van der Waals surface area contributed by atoms with Gasteiger partial charge in [-0.25, -0.2) is 4.99 Å². The van der Waals surface area contributed by atoms with Crippen molar-refractivity contribution >= 4 is 39.9 Å². The summed E-state index contributed by atoms with van der Waals surface area (Å²) in [6.45, 7) is 0.949. The molecular formula is C18H13ClN2S. The average Bonchev–Trinajstić information content (AvgIpc) is 2.89. The average molecular weight is 325 g/mol. The number of thioether (sulfide) groups is 1. The van der Waals surface area contributed by atoms with Crippen molar-refractivity contribution < 1.29 is 0 Å². The van der Waals surface area contributed by atoms with E-state index in [1.165, 1.54) is 33.0 Å². The summed E-state index contributed by atoms with van der Waals surface area (Å²) >= 11 is 7.85. The van der Waals surface area contributed by atoms with Gasteiger partial charge in [0.25, 0.3) is 0 Å². The number of rotatable bonds is 0. The molecule has 1 aliphatic carbocycles. The maximum Gasteiger partial charge on any atom is 0.174 e. The predicted octanol–water partition coefficient (Wildman–Crippen LogP) is 4.98. The number of anilines is 1. The second kappa shape index (κ2) is 4.64. The van der Waals surface area contributed by atoms with Gasteiger partial charge < -0.3 is 4.90 Å². The molecular weight excluding hydrogens is 312 g/mol. The normalized spacial score (nSPS) is 18.4. The fraction of sp³-hybridized carbons (Fsp3) is 0.167. The molecule has 0 N–H and O–H groups in total. The highest BCUT2D eigenvalue weighted by atomic mass is 35.5. The van der Waals surface area contributed by atoms with E-state index >= 15 is 0 Å². The lowest BCUT2D eigenvalue weighted by atomic mass is 9.88. The number of fused-ring (bicyclic) bond motifs is 5. The fourth-order valence-corrected chi connectivity index (χ4v) is 4.74. The van der Waals surface area contributed by atoms with Crippen LogP contribution in [0.25, 0.3) is 5.70 Å². The van der Waals surface area contributed by atoms with Crippen molar-refractivity contribution in [3.05, 3.63) is 64.2 Å². The summed E-state index contributed by atoms with van der Waals surface area (Å²) in [6, 6.07) is 14.8. The Morgan fingerprint density at radius 3 is 2.95 bits per heavy atom. The van der Waals surface area contributed by atoms with Crippen LogP contribution in [0.15, 0.2) is 57.9 Å². The highest BCUT2D eigenvalue weighted by Gasteiger charge is 2.33. The maximum absolute atomic E-state index is 6.13. The molecule has 3 aliphatic rings. The van der Waals surface area contributed by atoms with Crippen LogP contribution in [-0.2, 0) is 6.42 Å². The third kappa shape index (κ3) is 1.79. The zero-order valence-corrected chi connectivity index (χ0v) is 13.4. The molecule has 0 amide bonds. The standard InChI is InChI=1S/C18H13ClN2S/c19-13-7-8-15-16(9-13)22-18-20-17-12(10-21(15)18)6-5-11-3-1-2-4-14(11)17/h1-4,7-9H,5-6,10H2. The quantitative estimate of drug-likeness (QED) is 0.679. The molecule has 0 aromatic heterocycles. The van der Waals surface area contributed by atoms with E-state index in [0.29, 0.717) is 0 Å². The van der Waals surface area contributed by atoms with E-state index in [2.05, 4.69) is 35.2 Å². The molecule has 0 atom stereocenters. The van der Waals surface area contributed by atoms with E-state index < -0.39 is 0 Å². The summed E-state index contributed by atoms with van der Waals surface area (Å²) in [5.74, 6) is 0. The van der Waals surface area contributed by atoms with Crippen LogP contribution in [0.3, 0.4) is 0 Å². The van der Waals surface area contributed by atoms with Crippen molar-refractivity contribution in [1.29, 1.82) is 0 Å². The van der Waals surface area contributed by atoms with Gasteiger partial charge in [0.05, 0.1) is 11.4 Å². The number of hydrogen-bond donors (Lipinski definition) is 0. The zero-order valence-electron chi connectivity index (χ0n) is 11.8. The Morgan fingerprint density at radius 1 is 1.09 bits per heavy atom. The Bertz CT molecular complexity index is 869. The van der Waals surface area contributed by atoms with Gasteiger partial charge in [-0.05, 0) is 53.9 Å². The van der Waals surface area contributed by atoms with Crippen LogP contribution in [0.2, 0.25) is 5.02 Å². The van der Waals surface area contributed by atoms with Crippen molar-refractivity contribution in [3.8, 4) is 0 Å². The highest BCUT2D eigenvalue weighted by Crippen LogP contribution is 2.46. The topological polar surface area (TPSA) is 15.6 Å². The van der Waals surface area contributed by atoms with Gasteiger partial charge in [-0.1, -0.05) is 35.9 Å². The largest absolute Gasteiger partial charge is 0.315 e. The molecule has 0 saturated heterocycles. The Labute approximate surface area is 138 Å². The van der Waals surface area contributed by atoms with Crippen molar-refractivity contribution in [2.45, 2.75) is 17.7 Å². The summed E-state index contributed by atoms with van der Waals surface area (Å²) in [7, 11) is 0. The molecule has 2 heterocycles. The lowest BCUT2D eigenvalue weighted by Gasteiger charge is -2.30. The Kier molecular flexibility index (Phi) is 2.70. The van der Waals surface area contributed by atoms with E-state index in [-0.39, 0.29) is 0 Å². The number of hydrogen-bond acceptors (Lipinski definition) is 3. The summed E-state index contributed by atoms with van der Waals surface area (Å²) in [4.78, 5) is 8.52. The molecule has 0 radical (unpaired) electrons. The Morgan fingerprint density at radius 2 is 2.00 bits per heavy atom. The molecule has 0 spiro atoms. The van der Waals surface area contributed by atoms with Gasteiger partial charge in [-0.2, -0.15) is 0 Å². The smallest absolute Gasteiger partial charge is 0.174 e. The first-order chi connectivity index (χ1) is 10.8. The second-order valence-electron chi connectivity index (χ2n) is 5.80. The van der Waals surface area contributed by atoms with Crippen LogP contribution >= 0.6 is 23.4 Å². The number of amidine groups is 1. The van der Waals surface area contributed by atoms with E-state index in [1.54, 1.807) is 11.8 Å². The second-order valence-corrected chi connectivity index (χ2v) is 7.25. The third-order valence-corrected chi connectivity index (χ3v) is 5.78. The highest BCUT2D eigenvalue weighted by molar-refractivity contribution is 8.14. The summed E-state index contributed by atoms with van der Waals surface area (Å²) in [5, 5.41) is 1.86. The Hall–Kier alpha value is -1.71. The van der Waals surface area contributed by atoms with Crippen molar-refractivity contribution in [2.75, 3.05) is 11.4 Å². The van der Waals surface area contributed by atoms with E-state index in [0.717, 1.165) is 29.6 Å². The van der Waals surface area contributed by atoms with Crippen LogP contribution in [0.5, 0.6) is 0 Å². The van der Waals surface area contributed by atoms with Gasteiger partial charge in [-0.3, -0.25) is 0 Å². The van der Waals surface area contributed by atoms with Gasteiger partial charge in [0.15, 0.2) is 5.17 Å². The molecule has 2 aliphatic heterocycles. The number of halogens is 1. The molecule has 0 saturated carbocycles. The first-order valence-corrected chi connectivity index (χ1v) is 8.63. The van der Waals surface area contributed by atoms with Crippen LogP contribution in [0, 0.1) is 0 Å². The monoisotopic (exact) mass is 324 g/mol. The molecule has 0 bridgehead atoms. The van der Waals surface area contributed by atoms with E-state index in [9.17, 15) is 0 Å². The lowest BCUT2D eigenvalue weighted by molar-refractivity contribution is 0.862. The molecule has 0 fully saturated rings. The van der Waals surface area contributed by atoms with Crippen LogP contribution in [0.1, 0.15) is 17.5 Å². The lowest BCUT2D eigenvalue weighted by Crippen LogP contribution is -2.32. The minimum atomic E-state index is 0.787. The first-order valence-electron chi connectivity index (χ1n) is 7.43. The van der Waals surface area contributed by atoms with Crippen molar-refractivity contribution in [1.82, 2.24) is 0 Å². The zero-order chi connectivity index (χ0) is 14.7. The molecule has 5 rings (SSSR count). The number of aryl methyl sites for hydroxylation is 1.